The fourth-order valence-electron chi connectivity index (χ4n) is 3.12. The highest BCUT2D eigenvalue weighted by Crippen LogP contribution is 2.36. The van der Waals surface area contributed by atoms with Crippen LogP contribution in [0.1, 0.15) is 26.6 Å². The zero-order chi connectivity index (χ0) is 17.7. The molecule has 1 aliphatic heterocycles. The third-order valence-electron chi connectivity index (χ3n) is 4.29. The van der Waals surface area contributed by atoms with Crippen molar-refractivity contribution in [2.45, 2.75) is 20.8 Å². The Hall–Kier alpha value is -2.74. The molecule has 8 heteroatoms. The molecule has 0 aromatic carbocycles. The molecule has 128 valence electrons. The van der Waals surface area contributed by atoms with Gasteiger partial charge in [0.2, 0.25) is 0 Å². The second-order valence-electron chi connectivity index (χ2n) is 6.16. The number of nitrogens with two attached hydrogens (primary N) is 1. The van der Waals surface area contributed by atoms with E-state index in [1.54, 1.807) is 18.0 Å². The molecule has 3 N–H and O–H groups in total. The van der Waals surface area contributed by atoms with Gasteiger partial charge in [0.15, 0.2) is 0 Å². The van der Waals surface area contributed by atoms with Crippen LogP contribution in [-0.4, -0.2) is 33.9 Å². The van der Waals surface area contributed by atoms with Gasteiger partial charge in [-0.15, -0.1) is 11.3 Å². The van der Waals surface area contributed by atoms with E-state index in [9.17, 15) is 4.79 Å². The number of hydrogen-bond donors (Lipinski definition) is 2. The first kappa shape index (κ1) is 15.8. The van der Waals surface area contributed by atoms with Gasteiger partial charge in [0.1, 0.15) is 22.3 Å². The number of nitrogen functional groups attached to an aromatic ring is 1. The summed E-state index contributed by atoms with van der Waals surface area (Å²) in [5, 5.41) is 4.01. The molecular formula is C17H18N6OS. The number of nitrogens with zero attached hydrogens (tertiary/aromatic N) is 4. The van der Waals surface area contributed by atoms with Crippen molar-refractivity contribution in [1.82, 2.24) is 15.0 Å². The maximum absolute atomic E-state index is 13.3. The first-order valence-electron chi connectivity index (χ1n) is 8.01. The number of thiophene rings is 1. The predicted octanol–water partition coefficient (Wildman–Crippen LogP) is 2.67. The van der Waals surface area contributed by atoms with Gasteiger partial charge in [-0.2, -0.15) is 0 Å². The van der Waals surface area contributed by atoms with Crippen LogP contribution in [-0.2, 0) is 0 Å². The number of pyridine rings is 1. The summed E-state index contributed by atoms with van der Waals surface area (Å²) in [6.07, 6.45) is 1.80. The van der Waals surface area contributed by atoms with Gasteiger partial charge in [0.05, 0.1) is 16.0 Å². The Morgan fingerprint density at radius 3 is 2.92 bits per heavy atom. The Labute approximate surface area is 148 Å². The summed E-state index contributed by atoms with van der Waals surface area (Å²) in [6.45, 7) is 6.92. The van der Waals surface area contributed by atoms with Crippen molar-refractivity contribution >= 4 is 44.8 Å². The molecule has 0 spiro atoms. The zero-order valence-corrected chi connectivity index (χ0v) is 15.1. The first-order chi connectivity index (χ1) is 12.0. The van der Waals surface area contributed by atoms with Crippen molar-refractivity contribution in [2.75, 3.05) is 29.0 Å². The molecule has 0 unspecified atom stereocenters. The highest BCUT2D eigenvalue weighted by Gasteiger charge is 2.28. The minimum atomic E-state index is -0.0484. The van der Waals surface area contributed by atoms with Crippen LogP contribution in [0.15, 0.2) is 12.3 Å². The van der Waals surface area contributed by atoms with Crippen LogP contribution in [0.2, 0.25) is 0 Å². The number of carbonyl (C=O) groups excluding carboxylic acids is 1. The Bertz CT molecular complexity index is 1010. The van der Waals surface area contributed by atoms with Gasteiger partial charge in [-0.3, -0.25) is 4.79 Å². The molecule has 3 aromatic rings. The molecule has 0 atom stereocenters. The molecule has 4 heterocycles. The van der Waals surface area contributed by atoms with Crippen molar-refractivity contribution in [1.29, 1.82) is 0 Å². The molecule has 0 bridgehead atoms. The minimum absolute atomic E-state index is 0.0484. The lowest BCUT2D eigenvalue weighted by atomic mass is 10.1. The fraction of sp³-hybridized carbons (Fsp3) is 0.294. The van der Waals surface area contributed by atoms with Gasteiger partial charge in [0, 0.05) is 19.3 Å². The average Bonchev–Trinajstić information content (AvgIpc) is 2.90. The number of fused-ring (bicyclic) bond motifs is 2. The van der Waals surface area contributed by atoms with E-state index < -0.39 is 0 Å². The van der Waals surface area contributed by atoms with E-state index in [-0.39, 0.29) is 5.91 Å². The van der Waals surface area contributed by atoms with Crippen LogP contribution in [0, 0.1) is 20.8 Å². The van der Waals surface area contributed by atoms with Crippen LogP contribution >= 0.6 is 11.3 Å². The Kier molecular flexibility index (Phi) is 3.57. The summed E-state index contributed by atoms with van der Waals surface area (Å²) in [4.78, 5) is 29.5. The topological polar surface area (TPSA) is 97.0 Å². The maximum Gasteiger partial charge on any atom is 0.268 e. The highest BCUT2D eigenvalue weighted by atomic mass is 32.1. The standard InChI is InChI=1S/C17H18N6OS/c1-8-6-11-15(20-7-8)19-4-5-23(11)17(24)13-9(2)12-14(18)21-10(3)22-16(12)25-13/h6-7H,4-5H2,1-3H3,(H,19,20)(H2,18,21,22). The van der Waals surface area contributed by atoms with Crippen molar-refractivity contribution in [3.8, 4) is 0 Å². The lowest BCUT2D eigenvalue weighted by Gasteiger charge is -2.29. The Balaban J connectivity index is 1.83. The summed E-state index contributed by atoms with van der Waals surface area (Å²) in [6, 6.07) is 1.98. The molecule has 0 saturated heterocycles. The monoisotopic (exact) mass is 354 g/mol. The Morgan fingerprint density at radius 2 is 2.12 bits per heavy atom. The molecule has 1 amide bonds. The zero-order valence-electron chi connectivity index (χ0n) is 14.3. The van der Waals surface area contributed by atoms with E-state index in [2.05, 4.69) is 20.3 Å². The fourth-order valence-corrected chi connectivity index (χ4v) is 4.30. The van der Waals surface area contributed by atoms with Crippen molar-refractivity contribution in [3.63, 3.8) is 0 Å². The van der Waals surface area contributed by atoms with E-state index in [0.717, 1.165) is 32.8 Å². The maximum atomic E-state index is 13.3. The van der Waals surface area contributed by atoms with Gasteiger partial charge in [-0.25, -0.2) is 15.0 Å². The SMILES string of the molecule is Cc1cnc2c(c1)N(C(=O)c1sc3nc(C)nc(N)c3c1C)CCN2. The van der Waals surface area contributed by atoms with Gasteiger partial charge in [-0.05, 0) is 38.0 Å². The second kappa shape index (κ2) is 5.66. The summed E-state index contributed by atoms with van der Waals surface area (Å²) in [5.74, 6) is 1.72. The van der Waals surface area contributed by atoms with Gasteiger partial charge in [-0.1, -0.05) is 0 Å². The quantitative estimate of drug-likeness (QED) is 0.697. The summed E-state index contributed by atoms with van der Waals surface area (Å²) >= 11 is 1.37. The number of nitrogens with one attached hydrogen (secondary N) is 1. The van der Waals surface area contributed by atoms with E-state index in [1.807, 2.05) is 19.9 Å². The number of aromatic nitrogens is 3. The lowest BCUT2D eigenvalue weighted by molar-refractivity contribution is 0.0990. The predicted molar refractivity (Wildman–Crippen MR) is 100 cm³/mol. The number of amides is 1. The highest BCUT2D eigenvalue weighted by molar-refractivity contribution is 7.20. The number of aryl methyl sites for hydroxylation is 3. The van der Waals surface area contributed by atoms with Crippen molar-refractivity contribution in [2.24, 2.45) is 0 Å². The van der Waals surface area contributed by atoms with Gasteiger partial charge < -0.3 is 16.0 Å². The largest absolute Gasteiger partial charge is 0.383 e. The van der Waals surface area contributed by atoms with Crippen LogP contribution in [0.5, 0.6) is 0 Å². The van der Waals surface area contributed by atoms with Crippen molar-refractivity contribution < 1.29 is 4.79 Å². The van der Waals surface area contributed by atoms with Gasteiger partial charge in [0.25, 0.3) is 5.91 Å². The second-order valence-corrected chi connectivity index (χ2v) is 7.16. The number of rotatable bonds is 1. The molecule has 4 rings (SSSR count). The third-order valence-corrected chi connectivity index (χ3v) is 5.47. The molecule has 7 nitrogen and oxygen atoms in total. The molecule has 0 saturated carbocycles. The van der Waals surface area contributed by atoms with E-state index >= 15 is 0 Å². The number of hydrogen-bond acceptors (Lipinski definition) is 7. The molecule has 0 fully saturated rings. The average molecular weight is 354 g/mol. The van der Waals surface area contributed by atoms with E-state index in [1.165, 1.54) is 11.3 Å². The van der Waals surface area contributed by atoms with Crippen LogP contribution in [0.3, 0.4) is 0 Å². The molecule has 25 heavy (non-hydrogen) atoms. The smallest absolute Gasteiger partial charge is 0.268 e. The van der Waals surface area contributed by atoms with E-state index in [0.29, 0.717) is 29.6 Å². The third kappa shape index (κ3) is 2.49. The van der Waals surface area contributed by atoms with Crippen molar-refractivity contribution in [3.05, 3.63) is 34.1 Å². The van der Waals surface area contributed by atoms with Gasteiger partial charge >= 0.3 is 0 Å². The summed E-state index contributed by atoms with van der Waals surface area (Å²) < 4.78 is 0. The van der Waals surface area contributed by atoms with Crippen LogP contribution in [0.25, 0.3) is 10.2 Å². The summed E-state index contributed by atoms with van der Waals surface area (Å²) in [5.41, 5.74) is 8.71. The molecule has 3 aromatic heterocycles. The van der Waals surface area contributed by atoms with Crippen LogP contribution < -0.4 is 16.0 Å². The number of carbonyl (C=O) groups is 1. The lowest BCUT2D eigenvalue weighted by Crippen LogP contribution is -2.39. The van der Waals surface area contributed by atoms with E-state index in [4.69, 9.17) is 5.73 Å². The first-order valence-corrected chi connectivity index (χ1v) is 8.83. The molecule has 1 aliphatic rings. The molecular weight excluding hydrogens is 336 g/mol. The summed E-state index contributed by atoms with van der Waals surface area (Å²) in [7, 11) is 0. The minimum Gasteiger partial charge on any atom is -0.383 e. The van der Waals surface area contributed by atoms with Crippen LogP contribution in [0.4, 0.5) is 17.3 Å². The normalized spacial score (nSPS) is 13.6. The number of anilines is 3. The molecule has 0 aliphatic carbocycles. The Morgan fingerprint density at radius 1 is 1.32 bits per heavy atom. The molecule has 0 radical (unpaired) electrons.